The van der Waals surface area contributed by atoms with Gasteiger partial charge in [0, 0.05) is 9.86 Å². The third-order valence-corrected chi connectivity index (χ3v) is 6.13. The molecule has 1 unspecified atom stereocenters. The Morgan fingerprint density at radius 3 is 2.92 bits per heavy atom. The van der Waals surface area contributed by atoms with E-state index in [1.54, 1.807) is 6.92 Å². The van der Waals surface area contributed by atoms with Gasteiger partial charge in [-0.3, -0.25) is 4.79 Å². The minimum absolute atomic E-state index is 0.138. The first-order valence-electron chi connectivity index (χ1n) is 9.22. The number of ether oxygens (including phenoxy) is 2. The molecule has 0 fully saturated rings. The van der Waals surface area contributed by atoms with Crippen molar-refractivity contribution in [2.24, 2.45) is 0 Å². The van der Waals surface area contributed by atoms with Crippen molar-refractivity contribution in [3.63, 3.8) is 0 Å². The molecule has 1 atom stereocenters. The van der Waals surface area contributed by atoms with Crippen LogP contribution in [0.15, 0.2) is 10.5 Å². The molecule has 2 heterocycles. The van der Waals surface area contributed by atoms with Crippen molar-refractivity contribution in [1.82, 2.24) is 4.98 Å². The number of hydrogen-bond donors (Lipinski definition) is 1. The minimum Gasteiger partial charge on any atom is -0.466 e. The topological polar surface area (TPSA) is 51.3 Å². The molecule has 1 N–H and O–H groups in total. The van der Waals surface area contributed by atoms with Crippen molar-refractivity contribution in [3.05, 3.63) is 33.2 Å². The lowest BCUT2D eigenvalue weighted by Crippen LogP contribution is -2.38. The maximum atomic E-state index is 14.6. The number of rotatable bonds is 6. The molecule has 6 heteroatoms. The van der Waals surface area contributed by atoms with Crippen LogP contribution in [0.25, 0.3) is 10.9 Å². The van der Waals surface area contributed by atoms with E-state index in [-0.39, 0.29) is 18.2 Å². The molecule has 1 aromatic heterocycles. The zero-order valence-corrected chi connectivity index (χ0v) is 17.1. The van der Waals surface area contributed by atoms with Crippen molar-refractivity contribution in [2.75, 3.05) is 13.2 Å². The summed E-state index contributed by atoms with van der Waals surface area (Å²) in [5, 5.41) is 0.866. The van der Waals surface area contributed by atoms with Crippen LogP contribution in [0.5, 0.6) is 0 Å². The predicted molar refractivity (Wildman–Crippen MR) is 103 cm³/mol. The number of aryl methyl sites for hydroxylation is 1. The Bertz CT molecular complexity index is 832. The molecule has 0 radical (unpaired) electrons. The van der Waals surface area contributed by atoms with Gasteiger partial charge in [0.2, 0.25) is 0 Å². The zero-order valence-electron chi connectivity index (χ0n) is 15.5. The van der Waals surface area contributed by atoms with Crippen LogP contribution in [0, 0.1) is 12.7 Å². The molecular weight excluding hydrogens is 401 g/mol. The van der Waals surface area contributed by atoms with E-state index >= 15 is 0 Å². The molecule has 1 aromatic carbocycles. The lowest BCUT2D eigenvalue weighted by molar-refractivity contribution is -0.155. The number of halogens is 2. The highest BCUT2D eigenvalue weighted by molar-refractivity contribution is 9.10. The lowest BCUT2D eigenvalue weighted by atomic mass is 9.84. The van der Waals surface area contributed by atoms with Gasteiger partial charge in [0.05, 0.1) is 30.8 Å². The van der Waals surface area contributed by atoms with Crippen LogP contribution in [-0.2, 0) is 26.3 Å². The first kappa shape index (κ1) is 19.4. The molecule has 3 rings (SSSR count). The van der Waals surface area contributed by atoms with Crippen LogP contribution in [0.3, 0.4) is 0 Å². The molecule has 2 aromatic rings. The van der Waals surface area contributed by atoms with Gasteiger partial charge < -0.3 is 14.5 Å². The quantitative estimate of drug-likeness (QED) is 0.639. The molecule has 0 amide bonds. The van der Waals surface area contributed by atoms with Crippen LogP contribution in [0.4, 0.5) is 4.39 Å². The molecule has 0 aliphatic carbocycles. The summed E-state index contributed by atoms with van der Waals surface area (Å²) in [6, 6.07) is 1.52. The van der Waals surface area contributed by atoms with Gasteiger partial charge in [-0.2, -0.15) is 0 Å². The number of fused-ring (bicyclic) bond motifs is 3. The standard InChI is InChI=1S/C20H25BrFNO3/c1-4-6-8-20(11-15(24)25-5-2)19-13(7-9-26-20)16-17(21)12(3)10-14(22)18(16)23-19/h10,23H,4-9,11H2,1-3H3. The van der Waals surface area contributed by atoms with Gasteiger partial charge in [-0.25, -0.2) is 4.39 Å². The highest BCUT2D eigenvalue weighted by atomic mass is 79.9. The molecular formula is C20H25BrFNO3. The first-order chi connectivity index (χ1) is 12.4. The Kier molecular flexibility index (Phi) is 5.72. The third-order valence-electron chi connectivity index (χ3n) is 5.11. The van der Waals surface area contributed by atoms with Crippen LogP contribution in [0.1, 0.15) is 56.4 Å². The molecule has 4 nitrogen and oxygen atoms in total. The highest BCUT2D eigenvalue weighted by Gasteiger charge is 2.42. The largest absolute Gasteiger partial charge is 0.466 e. The molecule has 1 aliphatic heterocycles. The Balaban J connectivity index is 2.18. The highest BCUT2D eigenvalue weighted by Crippen LogP contribution is 2.45. The van der Waals surface area contributed by atoms with Gasteiger partial charge in [0.25, 0.3) is 0 Å². The van der Waals surface area contributed by atoms with E-state index in [0.29, 0.717) is 31.6 Å². The molecule has 0 saturated heterocycles. The number of carbonyl (C=O) groups excluding carboxylic acids is 1. The van der Waals surface area contributed by atoms with Crippen LogP contribution in [-0.4, -0.2) is 24.2 Å². The zero-order chi connectivity index (χ0) is 18.9. The van der Waals surface area contributed by atoms with Gasteiger partial charge >= 0.3 is 5.97 Å². The Labute approximate surface area is 161 Å². The maximum Gasteiger partial charge on any atom is 0.309 e. The van der Waals surface area contributed by atoms with Gasteiger partial charge in [-0.15, -0.1) is 0 Å². The van der Waals surface area contributed by atoms with E-state index in [9.17, 15) is 9.18 Å². The summed E-state index contributed by atoms with van der Waals surface area (Å²) in [6.45, 7) is 6.62. The van der Waals surface area contributed by atoms with Gasteiger partial charge in [0.1, 0.15) is 11.4 Å². The van der Waals surface area contributed by atoms with Crippen molar-refractivity contribution in [1.29, 1.82) is 0 Å². The summed E-state index contributed by atoms with van der Waals surface area (Å²) in [7, 11) is 0. The number of esters is 1. The van der Waals surface area contributed by atoms with Gasteiger partial charge in [-0.05, 0) is 59.8 Å². The number of H-pyrrole nitrogens is 1. The summed E-state index contributed by atoms with van der Waals surface area (Å²) in [4.78, 5) is 15.6. The Hall–Kier alpha value is -1.40. The smallest absolute Gasteiger partial charge is 0.309 e. The lowest BCUT2D eigenvalue weighted by Gasteiger charge is -2.37. The fourth-order valence-corrected chi connectivity index (χ4v) is 4.43. The SMILES string of the molecule is CCCCC1(CC(=O)OCC)OCCc2c1[nH]c1c(F)cc(C)c(Br)c21. The fraction of sp³-hybridized carbons (Fsp3) is 0.550. The van der Waals surface area contributed by atoms with E-state index in [4.69, 9.17) is 9.47 Å². The average molecular weight is 426 g/mol. The van der Waals surface area contributed by atoms with E-state index in [1.165, 1.54) is 6.07 Å². The molecule has 0 spiro atoms. The number of aromatic amines is 1. The number of benzene rings is 1. The first-order valence-corrected chi connectivity index (χ1v) is 10.0. The second-order valence-electron chi connectivity index (χ2n) is 6.90. The Morgan fingerprint density at radius 1 is 1.46 bits per heavy atom. The summed E-state index contributed by atoms with van der Waals surface area (Å²) >= 11 is 3.62. The van der Waals surface area contributed by atoms with Crippen LogP contribution >= 0.6 is 15.9 Å². The summed E-state index contributed by atoms with van der Waals surface area (Å²) in [5.41, 5.74) is 2.41. The Morgan fingerprint density at radius 2 is 2.23 bits per heavy atom. The van der Waals surface area contributed by atoms with Crippen LogP contribution in [0.2, 0.25) is 0 Å². The van der Waals surface area contributed by atoms with Crippen molar-refractivity contribution in [3.8, 4) is 0 Å². The van der Waals surface area contributed by atoms with E-state index in [0.717, 1.165) is 39.5 Å². The summed E-state index contributed by atoms with van der Waals surface area (Å²) in [5.74, 6) is -0.568. The number of nitrogens with one attached hydrogen (secondary N) is 1. The fourth-order valence-electron chi connectivity index (χ4n) is 3.87. The van der Waals surface area contributed by atoms with Crippen molar-refractivity contribution in [2.45, 2.75) is 58.5 Å². The van der Waals surface area contributed by atoms with Crippen LogP contribution < -0.4 is 0 Å². The molecule has 0 saturated carbocycles. The second-order valence-corrected chi connectivity index (χ2v) is 7.69. The molecule has 142 valence electrons. The van der Waals surface area contributed by atoms with Crippen molar-refractivity contribution >= 4 is 32.8 Å². The van der Waals surface area contributed by atoms with E-state index in [1.807, 2.05) is 6.92 Å². The number of carbonyl (C=O) groups is 1. The average Bonchev–Trinajstić information content (AvgIpc) is 3.00. The second kappa shape index (κ2) is 7.69. The van der Waals surface area contributed by atoms with E-state index < -0.39 is 5.60 Å². The van der Waals surface area contributed by atoms with E-state index in [2.05, 4.69) is 27.8 Å². The molecule has 0 bridgehead atoms. The van der Waals surface area contributed by atoms with Gasteiger partial charge in [-0.1, -0.05) is 19.8 Å². The maximum absolute atomic E-state index is 14.6. The number of unbranched alkanes of at least 4 members (excludes halogenated alkanes) is 1. The predicted octanol–water partition coefficient (Wildman–Crippen LogP) is 5.29. The minimum atomic E-state index is -0.783. The normalized spacial score (nSPS) is 19.6. The number of hydrogen-bond acceptors (Lipinski definition) is 3. The number of aromatic nitrogens is 1. The monoisotopic (exact) mass is 425 g/mol. The molecule has 26 heavy (non-hydrogen) atoms. The molecule has 1 aliphatic rings. The van der Waals surface area contributed by atoms with Crippen molar-refractivity contribution < 1.29 is 18.7 Å². The van der Waals surface area contributed by atoms with Gasteiger partial charge in [0.15, 0.2) is 0 Å². The third kappa shape index (κ3) is 3.29. The summed E-state index contributed by atoms with van der Waals surface area (Å²) in [6.07, 6.45) is 3.42. The summed E-state index contributed by atoms with van der Waals surface area (Å²) < 4.78 is 26.9.